The minimum Gasteiger partial charge on any atom is -0.496 e. The summed E-state index contributed by atoms with van der Waals surface area (Å²) in [5.74, 6) is -0.351. The van der Waals surface area contributed by atoms with Gasteiger partial charge in [0.25, 0.3) is 11.8 Å². The first-order valence-electron chi connectivity index (χ1n) is 9.46. The largest absolute Gasteiger partial charge is 0.496 e. The zero-order chi connectivity index (χ0) is 20.6. The van der Waals surface area contributed by atoms with Crippen LogP contribution in [-0.2, 0) is 20.9 Å². The van der Waals surface area contributed by atoms with Crippen molar-refractivity contribution in [2.45, 2.75) is 19.4 Å². The van der Waals surface area contributed by atoms with Crippen LogP contribution in [0.25, 0.3) is 0 Å². The number of benzene rings is 1. The molecule has 8 heteroatoms. The number of thiophene rings is 1. The fourth-order valence-corrected chi connectivity index (χ4v) is 3.91. The van der Waals surface area contributed by atoms with Crippen LogP contribution in [0.2, 0.25) is 0 Å². The monoisotopic (exact) mass is 416 g/mol. The second-order valence-electron chi connectivity index (χ2n) is 6.74. The highest BCUT2D eigenvalue weighted by Crippen LogP contribution is 2.22. The Balaban J connectivity index is 1.38. The van der Waals surface area contributed by atoms with Crippen molar-refractivity contribution < 1.29 is 23.9 Å². The van der Waals surface area contributed by atoms with E-state index in [1.54, 1.807) is 18.1 Å². The average molecular weight is 416 g/mol. The molecular formula is C21H24N2O5S. The van der Waals surface area contributed by atoms with Crippen molar-refractivity contribution in [1.82, 2.24) is 10.2 Å². The van der Waals surface area contributed by atoms with Crippen LogP contribution in [0.4, 0.5) is 0 Å². The van der Waals surface area contributed by atoms with E-state index in [0.717, 1.165) is 5.56 Å². The predicted molar refractivity (Wildman–Crippen MR) is 109 cm³/mol. The molecule has 7 nitrogen and oxygen atoms in total. The van der Waals surface area contributed by atoms with Gasteiger partial charge in [0.1, 0.15) is 5.75 Å². The molecule has 0 bridgehead atoms. The van der Waals surface area contributed by atoms with Crippen LogP contribution in [0.5, 0.6) is 5.75 Å². The van der Waals surface area contributed by atoms with E-state index >= 15 is 0 Å². The van der Waals surface area contributed by atoms with Gasteiger partial charge in [-0.3, -0.25) is 14.4 Å². The van der Waals surface area contributed by atoms with Gasteiger partial charge in [-0.15, -0.1) is 11.3 Å². The molecule has 0 unspecified atom stereocenters. The number of ether oxygens (including phenoxy) is 2. The number of hydrogen-bond acceptors (Lipinski definition) is 6. The van der Waals surface area contributed by atoms with E-state index in [1.807, 2.05) is 35.7 Å². The molecule has 0 radical (unpaired) electrons. The van der Waals surface area contributed by atoms with Crippen molar-refractivity contribution in [3.8, 4) is 5.75 Å². The molecule has 1 aromatic carbocycles. The van der Waals surface area contributed by atoms with Crippen LogP contribution in [0.3, 0.4) is 0 Å². The molecular weight excluding hydrogens is 392 g/mol. The summed E-state index contributed by atoms with van der Waals surface area (Å²) in [6.07, 6.45) is 1.08. The van der Waals surface area contributed by atoms with E-state index in [-0.39, 0.29) is 30.3 Å². The first-order chi connectivity index (χ1) is 14.1. The summed E-state index contributed by atoms with van der Waals surface area (Å²) in [5.41, 5.74) is 0.845. The second-order valence-corrected chi connectivity index (χ2v) is 7.69. The molecule has 1 aliphatic rings. The zero-order valence-electron chi connectivity index (χ0n) is 16.3. The van der Waals surface area contributed by atoms with Crippen molar-refractivity contribution in [2.75, 3.05) is 26.8 Å². The van der Waals surface area contributed by atoms with Crippen molar-refractivity contribution >= 4 is 29.1 Å². The summed E-state index contributed by atoms with van der Waals surface area (Å²) in [6, 6.07) is 11.0. The Hall–Kier alpha value is -2.87. The molecule has 29 heavy (non-hydrogen) atoms. The number of piperidine rings is 1. The number of rotatable bonds is 7. The van der Waals surface area contributed by atoms with E-state index in [0.29, 0.717) is 43.1 Å². The lowest BCUT2D eigenvalue weighted by atomic mass is 9.97. The Morgan fingerprint density at radius 3 is 2.59 bits per heavy atom. The molecule has 0 spiro atoms. The molecule has 3 rings (SSSR count). The Morgan fingerprint density at radius 1 is 1.14 bits per heavy atom. The lowest BCUT2D eigenvalue weighted by Gasteiger charge is -2.30. The molecule has 1 aromatic heterocycles. The lowest BCUT2D eigenvalue weighted by Crippen LogP contribution is -2.41. The fourth-order valence-electron chi connectivity index (χ4n) is 3.22. The lowest BCUT2D eigenvalue weighted by molar-refractivity contribution is -0.153. The summed E-state index contributed by atoms with van der Waals surface area (Å²) in [7, 11) is 1.57. The summed E-state index contributed by atoms with van der Waals surface area (Å²) in [5, 5.41) is 4.59. The highest BCUT2D eigenvalue weighted by atomic mass is 32.1. The van der Waals surface area contributed by atoms with E-state index < -0.39 is 0 Å². The van der Waals surface area contributed by atoms with Gasteiger partial charge in [-0.25, -0.2) is 0 Å². The molecule has 1 saturated heterocycles. The van der Waals surface area contributed by atoms with Gasteiger partial charge >= 0.3 is 5.97 Å². The molecule has 2 amide bonds. The van der Waals surface area contributed by atoms with E-state index in [2.05, 4.69) is 5.32 Å². The third kappa shape index (κ3) is 5.57. The van der Waals surface area contributed by atoms with Gasteiger partial charge in [-0.1, -0.05) is 24.3 Å². The fraction of sp³-hybridized carbons (Fsp3) is 0.381. The van der Waals surface area contributed by atoms with Crippen molar-refractivity contribution in [1.29, 1.82) is 0 Å². The van der Waals surface area contributed by atoms with Crippen LogP contribution in [0.15, 0.2) is 41.8 Å². The summed E-state index contributed by atoms with van der Waals surface area (Å²) >= 11 is 1.41. The molecule has 1 fully saturated rings. The summed E-state index contributed by atoms with van der Waals surface area (Å²) < 4.78 is 10.4. The smallest absolute Gasteiger partial charge is 0.309 e. The van der Waals surface area contributed by atoms with Gasteiger partial charge in [-0.05, 0) is 30.4 Å². The first kappa shape index (κ1) is 20.9. The number of methoxy groups -OCH3 is 1. The minimum absolute atomic E-state index is 0.00235. The number of nitrogens with one attached hydrogen (secondary N) is 1. The van der Waals surface area contributed by atoms with Crippen LogP contribution >= 0.6 is 11.3 Å². The average Bonchev–Trinajstić information content (AvgIpc) is 3.30. The van der Waals surface area contributed by atoms with Crippen molar-refractivity contribution in [3.05, 3.63) is 52.2 Å². The predicted octanol–water partition coefficient (Wildman–Crippen LogP) is 2.47. The minimum atomic E-state index is -0.388. The number of carbonyl (C=O) groups is 3. The molecule has 0 saturated carbocycles. The van der Waals surface area contributed by atoms with Gasteiger partial charge in [0.05, 0.1) is 17.9 Å². The topological polar surface area (TPSA) is 84.9 Å². The molecule has 1 aliphatic heterocycles. The second kappa shape index (κ2) is 10.1. The number of esters is 1. The van der Waals surface area contributed by atoms with Gasteiger partial charge < -0.3 is 19.7 Å². The maximum Gasteiger partial charge on any atom is 0.309 e. The number of amides is 2. The standard InChI is InChI=1S/C21H24N2O5S/c1-27-17-6-3-2-5-16(17)13-22-19(24)14-28-21(26)15-8-10-23(11-9-15)20(25)18-7-4-12-29-18/h2-7,12,15H,8-11,13-14H2,1H3,(H,22,24). The highest BCUT2D eigenvalue weighted by molar-refractivity contribution is 7.12. The highest BCUT2D eigenvalue weighted by Gasteiger charge is 2.29. The zero-order valence-corrected chi connectivity index (χ0v) is 17.1. The summed E-state index contributed by atoms with van der Waals surface area (Å²) in [4.78, 5) is 39.1. The molecule has 1 N–H and O–H groups in total. The maximum atomic E-state index is 12.3. The molecule has 2 heterocycles. The molecule has 154 valence electrons. The van der Waals surface area contributed by atoms with E-state index in [1.165, 1.54) is 11.3 Å². The quantitative estimate of drug-likeness (QED) is 0.701. The molecule has 2 aromatic rings. The van der Waals surface area contributed by atoms with Crippen LogP contribution < -0.4 is 10.1 Å². The van der Waals surface area contributed by atoms with Crippen molar-refractivity contribution in [2.24, 2.45) is 5.92 Å². The van der Waals surface area contributed by atoms with E-state index in [4.69, 9.17) is 9.47 Å². The van der Waals surface area contributed by atoms with Crippen LogP contribution in [0, 0.1) is 5.92 Å². The van der Waals surface area contributed by atoms with Crippen LogP contribution in [0.1, 0.15) is 28.1 Å². The van der Waals surface area contributed by atoms with Crippen molar-refractivity contribution in [3.63, 3.8) is 0 Å². The first-order valence-corrected chi connectivity index (χ1v) is 10.3. The third-order valence-electron chi connectivity index (χ3n) is 4.86. The SMILES string of the molecule is COc1ccccc1CNC(=O)COC(=O)C1CCN(C(=O)c2cccs2)CC1. The third-order valence-corrected chi connectivity index (χ3v) is 5.72. The van der Waals surface area contributed by atoms with Gasteiger partial charge in [-0.2, -0.15) is 0 Å². The number of carbonyl (C=O) groups excluding carboxylic acids is 3. The normalized spacial score (nSPS) is 14.3. The van der Waals surface area contributed by atoms with E-state index in [9.17, 15) is 14.4 Å². The number of hydrogen-bond donors (Lipinski definition) is 1. The molecule has 0 aliphatic carbocycles. The molecule has 0 atom stereocenters. The van der Waals surface area contributed by atoms with Gasteiger partial charge in [0, 0.05) is 25.2 Å². The van der Waals surface area contributed by atoms with Gasteiger partial charge in [0.15, 0.2) is 6.61 Å². The Morgan fingerprint density at radius 2 is 1.90 bits per heavy atom. The Kier molecular flexibility index (Phi) is 7.24. The Bertz CT molecular complexity index is 845. The van der Waals surface area contributed by atoms with Gasteiger partial charge in [0.2, 0.25) is 0 Å². The number of para-hydroxylation sites is 1. The van der Waals surface area contributed by atoms with Crippen LogP contribution in [-0.4, -0.2) is 49.5 Å². The Labute approximate surface area is 173 Å². The summed E-state index contributed by atoms with van der Waals surface area (Å²) in [6.45, 7) is 0.999. The maximum absolute atomic E-state index is 12.3. The number of likely N-dealkylation sites (tertiary alicyclic amines) is 1. The number of nitrogens with zero attached hydrogens (tertiary/aromatic N) is 1.